The molecule has 0 atom stereocenters. The third-order valence-corrected chi connectivity index (χ3v) is 4.01. The Bertz CT molecular complexity index is 1220. The molecule has 0 spiro atoms. The van der Waals surface area contributed by atoms with Crippen molar-refractivity contribution in [3.8, 4) is 0 Å². The number of hydrogen-bond acceptors (Lipinski definition) is 6. The molecule has 0 fully saturated rings. The predicted molar refractivity (Wildman–Crippen MR) is 125 cm³/mol. The van der Waals surface area contributed by atoms with E-state index in [4.69, 9.17) is 29.7 Å². The van der Waals surface area contributed by atoms with Crippen molar-refractivity contribution in [3.63, 3.8) is 0 Å². The Labute approximate surface area is 245 Å². The molecule has 0 aliphatic heterocycles. The fourth-order valence-electron chi connectivity index (χ4n) is 2.12. The Balaban J connectivity index is 0.000000608. The first kappa shape index (κ1) is 38.5. The summed E-state index contributed by atoms with van der Waals surface area (Å²) in [7, 11) is 0. The number of aliphatic hydroxyl groups is 3. The number of carbonyl (C=O) groups excluding carboxylic acids is 3. The SMILES string of the molecule is O/C(=C\C(=[OH+])c1ccco1)C(F)(F)F.O/C(=C\C(=[OH+])c1ccco1)C(F)(F)F.O/C(=C\C(=[OH+])c1ccco1)C(F)(F)F.[Ru+3]. The second-order valence-corrected chi connectivity index (χ2v) is 7.17. The maximum atomic E-state index is 11.8. The van der Waals surface area contributed by atoms with Gasteiger partial charge in [-0.2, -0.15) is 39.5 Å². The molecule has 3 aromatic heterocycles. The van der Waals surface area contributed by atoms with E-state index in [-0.39, 0.29) is 55.0 Å². The summed E-state index contributed by atoms with van der Waals surface area (Å²) in [6.07, 6.45) is -10.5. The first-order valence-electron chi connectivity index (χ1n) is 10.5. The van der Waals surface area contributed by atoms with Crippen molar-refractivity contribution < 1.29 is 102 Å². The molecule has 0 unspecified atom stereocenters. The van der Waals surface area contributed by atoms with E-state index in [0.29, 0.717) is 0 Å². The molecule has 6 N–H and O–H groups in total. The minimum absolute atomic E-state index is 0. The summed E-state index contributed by atoms with van der Waals surface area (Å²) in [5.74, 6) is -8.47. The molecule has 1 radical (unpaired) electrons. The summed E-state index contributed by atoms with van der Waals surface area (Å²) < 4.78 is 120. The monoisotopic (exact) mass is 723 g/mol. The fourth-order valence-corrected chi connectivity index (χ4v) is 2.12. The van der Waals surface area contributed by atoms with Gasteiger partial charge < -0.3 is 28.6 Å². The average Bonchev–Trinajstić information content (AvgIpc) is 3.66. The Morgan fingerprint density at radius 2 is 0.721 bits per heavy atom. The van der Waals surface area contributed by atoms with Crippen molar-refractivity contribution in [3.05, 3.63) is 108 Å². The van der Waals surface area contributed by atoms with Gasteiger partial charge >= 0.3 is 55.4 Å². The van der Waals surface area contributed by atoms with Crippen LogP contribution in [0.2, 0.25) is 0 Å². The van der Waals surface area contributed by atoms with Gasteiger partial charge in [-0.25, -0.2) is 0 Å². The standard InChI is InChI=1S/3C8H5F3O3.Ru/c3*9-8(10,11)7(13)4-5(12)6-2-1-3-14-6;/h3*1-4,13H;/q;;;+3/p+3/b3*7-4-;. The summed E-state index contributed by atoms with van der Waals surface area (Å²) in [4.78, 5) is 27.1. The first-order chi connectivity index (χ1) is 19.2. The van der Waals surface area contributed by atoms with Crippen molar-refractivity contribution in [2.45, 2.75) is 18.5 Å². The number of aliphatic hydroxyl groups excluding tert-OH is 3. The topological polar surface area (TPSA) is 164 Å². The third-order valence-electron chi connectivity index (χ3n) is 4.01. The van der Waals surface area contributed by atoms with Gasteiger partial charge in [0, 0.05) is 0 Å². The van der Waals surface area contributed by atoms with Gasteiger partial charge in [0.15, 0.2) is 0 Å². The summed E-state index contributed by atoms with van der Waals surface area (Å²) in [6, 6.07) is 7.96. The first-order valence-corrected chi connectivity index (χ1v) is 10.5. The van der Waals surface area contributed by atoms with Crippen LogP contribution in [-0.4, -0.2) is 65.6 Å². The van der Waals surface area contributed by atoms with E-state index in [2.05, 4.69) is 13.3 Å². The van der Waals surface area contributed by atoms with E-state index < -0.39 is 53.2 Å². The molecule has 19 heteroatoms. The predicted octanol–water partition coefficient (Wildman–Crippen LogP) is 6.53. The third kappa shape index (κ3) is 13.8. The normalized spacial score (nSPS) is 12.6. The second kappa shape index (κ2) is 16.2. The smallest absolute Gasteiger partial charge is 0.504 e. The van der Waals surface area contributed by atoms with Crippen molar-refractivity contribution in [2.75, 3.05) is 0 Å². The van der Waals surface area contributed by atoms with Crippen molar-refractivity contribution in [1.29, 1.82) is 0 Å². The van der Waals surface area contributed by atoms with Crippen LogP contribution in [0.4, 0.5) is 39.5 Å². The molecule has 0 aliphatic rings. The molecule has 0 saturated carbocycles. The van der Waals surface area contributed by atoms with Gasteiger partial charge in [0.05, 0.1) is 37.0 Å². The number of rotatable bonds is 6. The number of alkyl halides is 9. The van der Waals surface area contributed by atoms with Crippen LogP contribution in [0.5, 0.6) is 0 Å². The second-order valence-electron chi connectivity index (χ2n) is 7.17. The number of halogens is 9. The summed E-state index contributed by atoms with van der Waals surface area (Å²) >= 11 is 0. The number of hydrogen-bond donors (Lipinski definition) is 3. The molecule has 3 rings (SSSR count). The number of allylic oxidation sites excluding steroid dienone is 6. The largest absolute Gasteiger partial charge is 3.00 e. The van der Waals surface area contributed by atoms with Gasteiger partial charge in [-0.05, 0) is 36.4 Å². The molecule has 0 bridgehead atoms. The number of furan rings is 3. The molecule has 0 aromatic carbocycles. The van der Waals surface area contributed by atoms with Gasteiger partial charge in [0.1, 0.15) is 0 Å². The quantitative estimate of drug-likeness (QED) is 0.0654. The van der Waals surface area contributed by atoms with Crippen LogP contribution in [-0.2, 0) is 19.5 Å². The Morgan fingerprint density at radius 3 is 0.860 bits per heavy atom. The average molecular weight is 722 g/mol. The molecule has 3 heterocycles. The van der Waals surface area contributed by atoms with Crippen LogP contribution in [0.15, 0.2) is 104 Å². The van der Waals surface area contributed by atoms with Gasteiger partial charge in [0.25, 0.3) is 0 Å². The van der Waals surface area contributed by atoms with Crippen LogP contribution in [0, 0.1) is 0 Å². The molecule has 43 heavy (non-hydrogen) atoms. The van der Waals surface area contributed by atoms with E-state index in [1.54, 1.807) is 0 Å². The van der Waals surface area contributed by atoms with Crippen LogP contribution in [0.25, 0.3) is 0 Å². The van der Waals surface area contributed by atoms with Crippen molar-refractivity contribution in [2.24, 2.45) is 0 Å². The molecule has 9 nitrogen and oxygen atoms in total. The maximum Gasteiger partial charge on any atom is 3.00 e. The zero-order valence-corrected chi connectivity index (χ0v) is 22.3. The van der Waals surface area contributed by atoms with Crippen molar-refractivity contribution in [1.82, 2.24) is 0 Å². The Morgan fingerprint density at radius 1 is 0.512 bits per heavy atom. The molecule has 0 amide bonds. The van der Waals surface area contributed by atoms with Crippen LogP contribution in [0.3, 0.4) is 0 Å². The maximum absolute atomic E-state index is 11.8. The van der Waals surface area contributed by atoms with Crippen LogP contribution >= 0.6 is 0 Å². The van der Waals surface area contributed by atoms with Gasteiger partial charge in [-0.1, -0.05) is 0 Å². The molecular formula is C24H18F9O9Ru+6. The van der Waals surface area contributed by atoms with Crippen LogP contribution in [0.1, 0.15) is 17.3 Å². The molecular weight excluding hydrogens is 704 g/mol. The minimum Gasteiger partial charge on any atom is -0.504 e. The Hall–Kier alpha value is -4.54. The van der Waals surface area contributed by atoms with E-state index in [1.807, 2.05) is 0 Å². The van der Waals surface area contributed by atoms with Gasteiger partial charge in [0.2, 0.25) is 34.6 Å². The molecule has 233 valence electrons. The Kier molecular flexibility index (Phi) is 14.5. The number of ketones is 3. The minimum atomic E-state index is -4.87. The van der Waals surface area contributed by atoms with Crippen LogP contribution < -0.4 is 0 Å². The summed E-state index contributed by atoms with van der Waals surface area (Å²) in [5.41, 5.74) is 0. The van der Waals surface area contributed by atoms with Crippen molar-refractivity contribution >= 4 is 17.3 Å². The van der Waals surface area contributed by atoms with E-state index in [0.717, 1.165) is 0 Å². The zero-order valence-electron chi connectivity index (χ0n) is 20.6. The van der Waals surface area contributed by atoms with E-state index in [1.165, 1.54) is 55.2 Å². The summed E-state index contributed by atoms with van der Waals surface area (Å²) in [6.45, 7) is 0. The van der Waals surface area contributed by atoms with Gasteiger partial charge in [-0.3, -0.25) is 14.4 Å². The fraction of sp³-hybridized carbons (Fsp3) is 0.125. The molecule has 0 saturated heterocycles. The molecule has 0 aliphatic carbocycles. The summed E-state index contributed by atoms with van der Waals surface area (Å²) in [5, 5.41) is 25.4. The van der Waals surface area contributed by atoms with E-state index >= 15 is 0 Å². The molecule has 3 aromatic rings. The van der Waals surface area contributed by atoms with Gasteiger partial charge in [-0.15, -0.1) is 0 Å². The zero-order chi connectivity index (χ0) is 32.3. The van der Waals surface area contributed by atoms with E-state index in [9.17, 15) is 39.5 Å².